The minimum Gasteiger partial charge on any atom is -0.495 e. The van der Waals surface area contributed by atoms with Crippen molar-refractivity contribution < 1.29 is 19.4 Å². The molecule has 0 unspecified atom stereocenters. The van der Waals surface area contributed by atoms with E-state index in [1.165, 1.54) is 12.0 Å². The second kappa shape index (κ2) is 4.68. The van der Waals surface area contributed by atoms with Crippen molar-refractivity contribution in [3.8, 4) is 5.75 Å². The molecule has 1 saturated carbocycles. The number of amides is 1. The lowest BCUT2D eigenvalue weighted by atomic mass is 10.2. The predicted molar refractivity (Wildman–Crippen MR) is 65.6 cm³/mol. The van der Waals surface area contributed by atoms with Gasteiger partial charge < -0.3 is 14.7 Å². The Kier molecular flexibility index (Phi) is 3.23. The molecular formula is C13H15NO4. The predicted octanol–water partition coefficient (Wildman–Crippen LogP) is 1.38. The summed E-state index contributed by atoms with van der Waals surface area (Å²) in [6, 6.07) is 7.16. The van der Waals surface area contributed by atoms with Crippen LogP contribution in [-0.4, -0.2) is 31.1 Å². The maximum Gasteiger partial charge on any atom is 0.307 e. The quantitative estimate of drug-likeness (QED) is 0.875. The molecule has 1 N–H and O–H groups in total. The molecule has 0 saturated heterocycles. The van der Waals surface area contributed by atoms with Crippen LogP contribution in [0.1, 0.15) is 6.42 Å². The highest BCUT2D eigenvalue weighted by atomic mass is 16.5. The second-order valence-electron chi connectivity index (χ2n) is 4.36. The average Bonchev–Trinajstić information content (AvgIpc) is 3.17. The molecule has 0 spiro atoms. The zero-order valence-corrected chi connectivity index (χ0v) is 10.3. The van der Waals surface area contributed by atoms with Gasteiger partial charge in [0.05, 0.1) is 24.6 Å². The van der Waals surface area contributed by atoms with Crippen LogP contribution in [0.5, 0.6) is 5.75 Å². The molecule has 0 radical (unpaired) electrons. The first-order valence-corrected chi connectivity index (χ1v) is 5.69. The van der Waals surface area contributed by atoms with Gasteiger partial charge in [-0.25, -0.2) is 0 Å². The van der Waals surface area contributed by atoms with Crippen LogP contribution in [0.3, 0.4) is 0 Å². The van der Waals surface area contributed by atoms with Crippen molar-refractivity contribution in [3.05, 3.63) is 24.3 Å². The normalized spacial score (nSPS) is 21.2. The molecule has 1 aromatic carbocycles. The van der Waals surface area contributed by atoms with E-state index in [0.29, 0.717) is 17.9 Å². The lowest BCUT2D eigenvalue weighted by Gasteiger charge is -2.19. The van der Waals surface area contributed by atoms with Crippen LogP contribution in [0.25, 0.3) is 0 Å². The van der Waals surface area contributed by atoms with Crippen molar-refractivity contribution in [2.24, 2.45) is 11.8 Å². The van der Waals surface area contributed by atoms with Crippen molar-refractivity contribution in [3.63, 3.8) is 0 Å². The van der Waals surface area contributed by atoms with Gasteiger partial charge in [-0.3, -0.25) is 9.59 Å². The summed E-state index contributed by atoms with van der Waals surface area (Å²) in [5.74, 6) is -1.42. The summed E-state index contributed by atoms with van der Waals surface area (Å²) in [4.78, 5) is 24.3. The summed E-state index contributed by atoms with van der Waals surface area (Å²) in [6.07, 6.45) is 0.424. The molecule has 1 fully saturated rings. The number of rotatable bonds is 4. The number of para-hydroxylation sites is 2. The molecule has 96 valence electrons. The van der Waals surface area contributed by atoms with Gasteiger partial charge in [-0.05, 0) is 18.6 Å². The number of anilines is 1. The summed E-state index contributed by atoms with van der Waals surface area (Å²) in [5, 5.41) is 8.83. The van der Waals surface area contributed by atoms with E-state index in [-0.39, 0.29) is 5.91 Å². The third-order valence-electron chi connectivity index (χ3n) is 3.20. The molecule has 0 heterocycles. The van der Waals surface area contributed by atoms with Crippen LogP contribution < -0.4 is 9.64 Å². The van der Waals surface area contributed by atoms with E-state index in [1.807, 2.05) is 12.1 Å². The molecule has 18 heavy (non-hydrogen) atoms. The zero-order chi connectivity index (χ0) is 13.3. The van der Waals surface area contributed by atoms with Gasteiger partial charge in [0.1, 0.15) is 5.75 Å². The molecular weight excluding hydrogens is 234 g/mol. The third kappa shape index (κ3) is 2.16. The van der Waals surface area contributed by atoms with Gasteiger partial charge in [-0.1, -0.05) is 12.1 Å². The van der Waals surface area contributed by atoms with Crippen LogP contribution in [0.2, 0.25) is 0 Å². The first-order chi connectivity index (χ1) is 8.56. The van der Waals surface area contributed by atoms with Gasteiger partial charge in [-0.15, -0.1) is 0 Å². The number of methoxy groups -OCH3 is 1. The Bertz CT molecular complexity index is 486. The number of hydrogen-bond donors (Lipinski definition) is 1. The fourth-order valence-electron chi connectivity index (χ4n) is 2.02. The van der Waals surface area contributed by atoms with Crippen molar-refractivity contribution in [2.45, 2.75) is 6.42 Å². The molecule has 2 atom stereocenters. The van der Waals surface area contributed by atoms with Crippen molar-refractivity contribution in [1.29, 1.82) is 0 Å². The van der Waals surface area contributed by atoms with Gasteiger partial charge in [0.25, 0.3) is 0 Å². The number of carbonyl (C=O) groups excluding carboxylic acids is 1. The summed E-state index contributed by atoms with van der Waals surface area (Å²) in [7, 11) is 3.17. The molecule has 2 rings (SSSR count). The molecule has 0 aromatic heterocycles. The number of aliphatic carboxylic acids is 1. The second-order valence-corrected chi connectivity index (χ2v) is 4.36. The van der Waals surface area contributed by atoms with Gasteiger partial charge in [0.2, 0.25) is 5.91 Å². The number of hydrogen-bond acceptors (Lipinski definition) is 3. The Labute approximate surface area is 105 Å². The molecule has 5 heteroatoms. The van der Waals surface area contributed by atoms with E-state index < -0.39 is 17.8 Å². The van der Waals surface area contributed by atoms with Crippen LogP contribution in [0.4, 0.5) is 5.69 Å². The Morgan fingerprint density at radius 1 is 1.33 bits per heavy atom. The molecule has 1 aliphatic rings. The largest absolute Gasteiger partial charge is 0.495 e. The van der Waals surface area contributed by atoms with Gasteiger partial charge in [0, 0.05) is 7.05 Å². The minimum atomic E-state index is -0.901. The molecule has 1 aromatic rings. The Balaban J connectivity index is 2.14. The average molecular weight is 249 g/mol. The maximum atomic E-state index is 12.1. The highest BCUT2D eigenvalue weighted by Crippen LogP contribution is 2.41. The summed E-state index contributed by atoms with van der Waals surface area (Å²) in [6.45, 7) is 0. The number of nitrogens with zero attached hydrogens (tertiary/aromatic N) is 1. The molecule has 0 aliphatic heterocycles. The highest BCUT2D eigenvalue weighted by Gasteiger charge is 2.49. The topological polar surface area (TPSA) is 66.8 Å². The minimum absolute atomic E-state index is 0.174. The molecule has 1 aliphatic carbocycles. The fraction of sp³-hybridized carbons (Fsp3) is 0.385. The van der Waals surface area contributed by atoms with E-state index in [9.17, 15) is 9.59 Å². The zero-order valence-electron chi connectivity index (χ0n) is 10.3. The summed E-state index contributed by atoms with van der Waals surface area (Å²) in [5.41, 5.74) is 0.654. The van der Waals surface area contributed by atoms with E-state index >= 15 is 0 Å². The van der Waals surface area contributed by atoms with Crippen molar-refractivity contribution in [1.82, 2.24) is 0 Å². The van der Waals surface area contributed by atoms with Gasteiger partial charge in [0.15, 0.2) is 0 Å². The SMILES string of the molecule is COc1ccccc1N(C)C(=O)[C@@H]1C[C@@H]1C(=O)O. The van der Waals surface area contributed by atoms with Crippen molar-refractivity contribution >= 4 is 17.6 Å². The van der Waals surface area contributed by atoms with E-state index in [1.54, 1.807) is 19.2 Å². The Hall–Kier alpha value is -2.04. The fourth-order valence-corrected chi connectivity index (χ4v) is 2.02. The third-order valence-corrected chi connectivity index (χ3v) is 3.20. The van der Waals surface area contributed by atoms with Crippen LogP contribution in [0, 0.1) is 11.8 Å². The lowest BCUT2D eigenvalue weighted by molar-refractivity contribution is -0.139. The van der Waals surface area contributed by atoms with E-state index in [4.69, 9.17) is 9.84 Å². The number of ether oxygens (including phenoxy) is 1. The summed E-state index contributed by atoms with van der Waals surface area (Å²) < 4.78 is 5.18. The Morgan fingerprint density at radius 2 is 2.00 bits per heavy atom. The monoisotopic (exact) mass is 249 g/mol. The van der Waals surface area contributed by atoms with Crippen LogP contribution in [-0.2, 0) is 9.59 Å². The Morgan fingerprint density at radius 3 is 2.56 bits per heavy atom. The number of benzene rings is 1. The number of carbonyl (C=O) groups is 2. The first-order valence-electron chi connectivity index (χ1n) is 5.69. The van der Waals surface area contributed by atoms with E-state index in [2.05, 4.69) is 0 Å². The molecule has 5 nitrogen and oxygen atoms in total. The number of carboxylic acid groups (broad SMARTS) is 1. The van der Waals surface area contributed by atoms with Crippen LogP contribution >= 0.6 is 0 Å². The number of carboxylic acids is 1. The highest BCUT2D eigenvalue weighted by molar-refractivity contribution is 6.00. The lowest BCUT2D eigenvalue weighted by Crippen LogP contribution is -2.29. The first kappa shape index (κ1) is 12.4. The smallest absolute Gasteiger partial charge is 0.307 e. The van der Waals surface area contributed by atoms with Gasteiger partial charge in [-0.2, -0.15) is 0 Å². The molecule has 0 bridgehead atoms. The molecule has 1 amide bonds. The van der Waals surface area contributed by atoms with Crippen molar-refractivity contribution in [2.75, 3.05) is 19.1 Å². The standard InChI is InChI=1S/C13H15NO4/c1-14(10-5-3-4-6-11(10)18-2)12(15)8-7-9(8)13(16)17/h3-6,8-9H,7H2,1-2H3,(H,16,17)/t8-,9+/m1/s1. The summed E-state index contributed by atoms with van der Waals surface area (Å²) >= 11 is 0. The van der Waals surface area contributed by atoms with Crippen LogP contribution in [0.15, 0.2) is 24.3 Å². The van der Waals surface area contributed by atoms with E-state index in [0.717, 1.165) is 0 Å². The maximum absolute atomic E-state index is 12.1. The van der Waals surface area contributed by atoms with Gasteiger partial charge >= 0.3 is 5.97 Å².